The fourth-order valence-corrected chi connectivity index (χ4v) is 7.31. The number of halogens is 3. The van der Waals surface area contributed by atoms with Crippen molar-refractivity contribution in [1.29, 1.82) is 0 Å². The number of nitrogens with zero attached hydrogens (tertiary/aromatic N) is 6. The summed E-state index contributed by atoms with van der Waals surface area (Å²) in [6.07, 6.45) is -1.41. The molecule has 0 aliphatic carbocycles. The maximum atomic E-state index is 13.7. The van der Waals surface area contributed by atoms with Crippen LogP contribution in [-0.4, -0.2) is 113 Å². The van der Waals surface area contributed by atoms with Crippen LogP contribution in [0.4, 0.5) is 19.1 Å². The summed E-state index contributed by atoms with van der Waals surface area (Å²) in [7, 11) is -1.29. The van der Waals surface area contributed by atoms with Crippen LogP contribution in [0, 0.1) is 0 Å². The first-order valence-corrected chi connectivity index (χ1v) is 15.6. The molecule has 10 nitrogen and oxygen atoms in total. The molecule has 4 heterocycles. The summed E-state index contributed by atoms with van der Waals surface area (Å²) in [6.45, 7) is 6.90. The lowest BCUT2D eigenvalue weighted by Crippen LogP contribution is -2.46. The van der Waals surface area contributed by atoms with Crippen molar-refractivity contribution in [2.24, 2.45) is 0 Å². The molecule has 2 aromatic rings. The average molecular weight is 592 g/mol. The third-order valence-corrected chi connectivity index (χ3v) is 9.99. The number of aliphatic hydroxyl groups is 1. The Labute approximate surface area is 231 Å². The van der Waals surface area contributed by atoms with Gasteiger partial charge in [0, 0.05) is 64.1 Å². The number of sulfonamides is 1. The standard InChI is InChI=1S/C24H36F3N7O3S2/c1-17(35)14-21-28-16-20(38-21)22-19(24(25,26)27)15-29-23(31-22)30-18-4-7-34(8-5-18)39(36,37)13-3-6-33-11-9-32(2)10-12-33/h15-18,35H,3-14H2,1-2H3,(H,29,30,31). The molecule has 1 unspecified atom stereocenters. The van der Waals surface area contributed by atoms with E-state index in [0.29, 0.717) is 37.4 Å². The molecular formula is C24H36F3N7O3S2. The van der Waals surface area contributed by atoms with Gasteiger partial charge >= 0.3 is 6.18 Å². The molecule has 2 fully saturated rings. The molecule has 39 heavy (non-hydrogen) atoms. The summed E-state index contributed by atoms with van der Waals surface area (Å²) >= 11 is 1.05. The molecule has 2 aliphatic heterocycles. The number of likely N-dealkylation sites (N-methyl/N-ethyl adjacent to an activating group) is 1. The summed E-state index contributed by atoms with van der Waals surface area (Å²) in [6, 6.07) is -0.168. The van der Waals surface area contributed by atoms with Crippen LogP contribution >= 0.6 is 11.3 Å². The zero-order chi connectivity index (χ0) is 28.2. The molecule has 0 aromatic carbocycles. The molecule has 2 N–H and O–H groups in total. The first kappa shape index (κ1) is 30.1. The highest BCUT2D eigenvalue weighted by Crippen LogP contribution is 2.38. The number of alkyl halides is 3. The highest BCUT2D eigenvalue weighted by Gasteiger charge is 2.36. The average Bonchev–Trinajstić information content (AvgIpc) is 3.32. The van der Waals surface area contributed by atoms with Gasteiger partial charge in [0.05, 0.1) is 27.4 Å². The van der Waals surface area contributed by atoms with Gasteiger partial charge in [0.2, 0.25) is 16.0 Å². The zero-order valence-electron chi connectivity index (χ0n) is 22.2. The summed E-state index contributed by atoms with van der Waals surface area (Å²) in [5.41, 5.74) is -1.23. The number of thiazole rings is 1. The van der Waals surface area contributed by atoms with Crippen molar-refractivity contribution < 1.29 is 26.7 Å². The normalized spacial score (nSPS) is 19.8. The Bertz CT molecular complexity index is 1190. The number of rotatable bonds is 10. The molecule has 2 saturated heterocycles. The van der Waals surface area contributed by atoms with Crippen molar-refractivity contribution in [1.82, 2.24) is 29.1 Å². The highest BCUT2D eigenvalue weighted by atomic mass is 32.2. The van der Waals surface area contributed by atoms with Gasteiger partial charge < -0.3 is 20.2 Å². The minimum absolute atomic E-state index is 0.0527. The lowest BCUT2D eigenvalue weighted by molar-refractivity contribution is -0.137. The lowest BCUT2D eigenvalue weighted by atomic mass is 10.1. The maximum absolute atomic E-state index is 13.7. The molecule has 15 heteroatoms. The van der Waals surface area contributed by atoms with E-state index in [-0.39, 0.29) is 34.7 Å². The van der Waals surface area contributed by atoms with Gasteiger partial charge in [0.25, 0.3) is 0 Å². The topological polar surface area (TPSA) is 115 Å². The van der Waals surface area contributed by atoms with Gasteiger partial charge in [-0.25, -0.2) is 27.7 Å². The van der Waals surface area contributed by atoms with Crippen molar-refractivity contribution in [3.05, 3.63) is 23.0 Å². The Morgan fingerprint density at radius 3 is 2.46 bits per heavy atom. The van der Waals surface area contributed by atoms with Gasteiger partial charge in [-0.3, -0.25) is 0 Å². The Morgan fingerprint density at radius 2 is 1.82 bits per heavy atom. The molecule has 0 amide bonds. The van der Waals surface area contributed by atoms with E-state index in [0.717, 1.165) is 50.3 Å². The monoisotopic (exact) mass is 591 g/mol. The lowest BCUT2D eigenvalue weighted by Gasteiger charge is -2.33. The van der Waals surface area contributed by atoms with Crippen LogP contribution in [0.15, 0.2) is 12.4 Å². The number of piperidine rings is 1. The molecule has 0 saturated carbocycles. The summed E-state index contributed by atoms with van der Waals surface area (Å²) in [5.74, 6) is 0.159. The molecule has 1 atom stereocenters. The molecule has 0 bridgehead atoms. The van der Waals surface area contributed by atoms with Crippen molar-refractivity contribution in [3.8, 4) is 10.6 Å². The van der Waals surface area contributed by atoms with Crippen molar-refractivity contribution in [2.45, 2.75) is 50.9 Å². The number of nitrogens with one attached hydrogen (secondary N) is 1. The van der Waals surface area contributed by atoms with Gasteiger partial charge in [-0.1, -0.05) is 0 Å². The van der Waals surface area contributed by atoms with Crippen LogP contribution in [-0.2, 0) is 22.6 Å². The largest absolute Gasteiger partial charge is 0.420 e. The first-order valence-electron chi connectivity index (χ1n) is 13.1. The van der Waals surface area contributed by atoms with Crippen molar-refractivity contribution in [2.75, 3.05) is 63.9 Å². The second-order valence-corrected chi connectivity index (χ2v) is 13.5. The van der Waals surface area contributed by atoms with E-state index in [1.807, 2.05) is 0 Å². The van der Waals surface area contributed by atoms with Gasteiger partial charge in [-0.2, -0.15) is 13.2 Å². The van der Waals surface area contributed by atoms with Crippen LogP contribution in [0.2, 0.25) is 0 Å². The van der Waals surface area contributed by atoms with E-state index in [9.17, 15) is 26.7 Å². The Hall–Kier alpha value is -1.91. The fraction of sp³-hybridized carbons (Fsp3) is 0.708. The summed E-state index contributed by atoms with van der Waals surface area (Å²) < 4.78 is 68.3. The smallest absolute Gasteiger partial charge is 0.393 e. The highest BCUT2D eigenvalue weighted by molar-refractivity contribution is 7.89. The summed E-state index contributed by atoms with van der Waals surface area (Å²) in [4.78, 5) is 17.0. The fourth-order valence-electron chi connectivity index (χ4n) is 4.75. The SMILES string of the molecule is CC(O)Cc1ncc(-c2nc(NC3CCN(S(=O)(=O)CCCN4CCN(C)CC4)CC3)ncc2C(F)(F)F)s1. The van der Waals surface area contributed by atoms with Crippen LogP contribution in [0.1, 0.15) is 36.8 Å². The second-order valence-electron chi connectivity index (χ2n) is 10.3. The molecule has 0 spiro atoms. The minimum Gasteiger partial charge on any atom is -0.393 e. The van der Waals surface area contributed by atoms with Gasteiger partial charge in [0.1, 0.15) is 5.56 Å². The third-order valence-electron chi connectivity index (χ3n) is 7.00. The number of aromatic nitrogens is 3. The van der Waals surface area contributed by atoms with Gasteiger partial charge in [-0.05, 0) is 39.8 Å². The number of aliphatic hydroxyl groups excluding tert-OH is 1. The molecule has 2 aliphatic rings. The quantitative estimate of drug-likeness (QED) is 0.430. The number of anilines is 1. The maximum Gasteiger partial charge on any atom is 0.420 e. The number of piperazine rings is 1. The van der Waals surface area contributed by atoms with E-state index >= 15 is 0 Å². The molecule has 0 radical (unpaired) electrons. The molecule has 218 valence electrons. The Kier molecular flexibility index (Phi) is 9.81. The van der Waals surface area contributed by atoms with Gasteiger partial charge in [0.15, 0.2) is 0 Å². The predicted octanol–water partition coefficient (Wildman–Crippen LogP) is 2.39. The van der Waals surface area contributed by atoms with Crippen molar-refractivity contribution in [3.63, 3.8) is 0 Å². The van der Waals surface area contributed by atoms with Gasteiger partial charge in [-0.15, -0.1) is 11.3 Å². The minimum atomic E-state index is -4.65. The van der Waals surface area contributed by atoms with Crippen LogP contribution in [0.3, 0.4) is 0 Å². The second kappa shape index (κ2) is 12.7. The third kappa shape index (κ3) is 8.30. The number of hydrogen-bond acceptors (Lipinski definition) is 10. The number of hydrogen-bond donors (Lipinski definition) is 2. The van der Waals surface area contributed by atoms with Crippen molar-refractivity contribution >= 4 is 27.3 Å². The predicted molar refractivity (Wildman–Crippen MR) is 144 cm³/mol. The molecule has 4 rings (SSSR count). The zero-order valence-corrected chi connectivity index (χ0v) is 23.8. The molecule has 2 aromatic heterocycles. The first-order chi connectivity index (χ1) is 18.4. The van der Waals surface area contributed by atoms with Crippen LogP contribution < -0.4 is 5.32 Å². The van der Waals surface area contributed by atoms with E-state index in [1.165, 1.54) is 10.5 Å². The van der Waals surface area contributed by atoms with Crippen LogP contribution in [0.5, 0.6) is 0 Å². The van der Waals surface area contributed by atoms with Crippen LogP contribution in [0.25, 0.3) is 10.6 Å². The van der Waals surface area contributed by atoms with E-state index in [4.69, 9.17) is 0 Å². The Morgan fingerprint density at radius 1 is 1.13 bits per heavy atom. The molecular weight excluding hydrogens is 555 g/mol. The van der Waals surface area contributed by atoms with E-state index in [2.05, 4.69) is 37.1 Å². The summed E-state index contributed by atoms with van der Waals surface area (Å²) in [5, 5.41) is 13.2. The Balaban J connectivity index is 1.34. The van der Waals surface area contributed by atoms with E-state index < -0.39 is 27.9 Å². The van der Waals surface area contributed by atoms with E-state index in [1.54, 1.807) is 6.92 Å².